The second-order valence-electron chi connectivity index (χ2n) is 6.53. The minimum atomic E-state index is -0.0121. The third-order valence-electron chi connectivity index (χ3n) is 4.45. The Labute approximate surface area is 160 Å². The van der Waals surface area contributed by atoms with Crippen molar-refractivity contribution in [2.45, 2.75) is 19.9 Å². The van der Waals surface area contributed by atoms with Crippen molar-refractivity contribution in [2.75, 3.05) is 20.7 Å². The van der Waals surface area contributed by atoms with E-state index < -0.39 is 0 Å². The molecule has 1 amide bonds. The van der Waals surface area contributed by atoms with E-state index in [9.17, 15) is 4.79 Å². The molecular formula is C22H25N3O2. The van der Waals surface area contributed by atoms with Crippen LogP contribution >= 0.6 is 0 Å². The van der Waals surface area contributed by atoms with Gasteiger partial charge in [0.2, 0.25) is 0 Å². The Morgan fingerprint density at radius 3 is 2.44 bits per heavy atom. The number of hydrogen-bond acceptors (Lipinski definition) is 3. The first-order chi connectivity index (χ1) is 13.1. The monoisotopic (exact) mass is 363 g/mol. The Hall–Kier alpha value is -3.08. The predicted octanol–water partition coefficient (Wildman–Crippen LogP) is 4.09. The molecule has 5 nitrogen and oxygen atoms in total. The molecule has 0 N–H and O–H groups in total. The van der Waals surface area contributed by atoms with Crippen LogP contribution in [0.1, 0.15) is 29.3 Å². The molecule has 0 atom stereocenters. The summed E-state index contributed by atoms with van der Waals surface area (Å²) in [4.78, 5) is 14.7. The zero-order valence-electron chi connectivity index (χ0n) is 16.1. The third kappa shape index (κ3) is 4.37. The molecule has 3 aromatic rings. The first kappa shape index (κ1) is 18.7. The highest BCUT2D eigenvalue weighted by molar-refractivity contribution is 5.99. The summed E-state index contributed by atoms with van der Waals surface area (Å²) in [5, 5.41) is 4.72. The van der Waals surface area contributed by atoms with E-state index in [1.165, 1.54) is 0 Å². The zero-order valence-corrected chi connectivity index (χ0v) is 16.1. The zero-order chi connectivity index (χ0) is 19.2. The van der Waals surface area contributed by atoms with Crippen molar-refractivity contribution in [3.8, 4) is 17.0 Å². The third-order valence-corrected chi connectivity index (χ3v) is 4.45. The van der Waals surface area contributed by atoms with E-state index in [0.717, 1.165) is 23.3 Å². The maximum absolute atomic E-state index is 13.0. The molecule has 27 heavy (non-hydrogen) atoms. The van der Waals surface area contributed by atoms with Crippen LogP contribution < -0.4 is 4.74 Å². The van der Waals surface area contributed by atoms with E-state index in [0.29, 0.717) is 24.3 Å². The van der Waals surface area contributed by atoms with Crippen molar-refractivity contribution in [3.05, 3.63) is 71.9 Å². The number of methoxy groups -OCH3 is 1. The molecule has 0 saturated carbocycles. The lowest BCUT2D eigenvalue weighted by molar-refractivity contribution is 0.0796. The molecule has 5 heteroatoms. The quantitative estimate of drug-likeness (QED) is 0.635. The highest BCUT2D eigenvalue weighted by Crippen LogP contribution is 2.26. The Bertz CT molecular complexity index is 886. The van der Waals surface area contributed by atoms with Crippen molar-refractivity contribution in [1.29, 1.82) is 0 Å². The number of rotatable bonds is 7. The van der Waals surface area contributed by atoms with Gasteiger partial charge in [0, 0.05) is 25.4 Å². The van der Waals surface area contributed by atoms with Gasteiger partial charge >= 0.3 is 0 Å². The minimum Gasteiger partial charge on any atom is -0.497 e. The van der Waals surface area contributed by atoms with Gasteiger partial charge in [-0.15, -0.1) is 0 Å². The lowest BCUT2D eigenvalue weighted by atomic mass is 10.1. The number of aromatic nitrogens is 2. The number of ether oxygens (including phenoxy) is 1. The van der Waals surface area contributed by atoms with Gasteiger partial charge < -0.3 is 9.64 Å². The largest absolute Gasteiger partial charge is 0.497 e. The molecule has 1 heterocycles. The maximum atomic E-state index is 13.0. The first-order valence-corrected chi connectivity index (χ1v) is 9.13. The Morgan fingerprint density at radius 1 is 1.11 bits per heavy atom. The van der Waals surface area contributed by atoms with E-state index in [1.807, 2.05) is 60.4 Å². The van der Waals surface area contributed by atoms with Crippen molar-refractivity contribution in [3.63, 3.8) is 0 Å². The molecule has 1 aromatic heterocycles. The number of benzene rings is 2. The summed E-state index contributed by atoms with van der Waals surface area (Å²) in [6.45, 7) is 3.40. The molecule has 3 rings (SSSR count). The molecule has 0 saturated heterocycles. The molecule has 0 spiro atoms. The second kappa shape index (κ2) is 8.54. The van der Waals surface area contributed by atoms with E-state index >= 15 is 0 Å². The molecule has 0 bridgehead atoms. The molecule has 0 unspecified atom stereocenters. The highest BCUT2D eigenvalue weighted by atomic mass is 16.5. The van der Waals surface area contributed by atoms with E-state index in [2.05, 4.69) is 19.1 Å². The molecule has 0 aliphatic rings. The van der Waals surface area contributed by atoms with Crippen LogP contribution in [0.15, 0.2) is 60.8 Å². The van der Waals surface area contributed by atoms with Crippen molar-refractivity contribution in [1.82, 2.24) is 14.7 Å². The summed E-state index contributed by atoms with van der Waals surface area (Å²) >= 11 is 0. The van der Waals surface area contributed by atoms with Gasteiger partial charge in [0.25, 0.3) is 5.91 Å². The number of nitrogens with zero attached hydrogens (tertiary/aromatic N) is 3. The Balaban J connectivity index is 1.98. The lowest BCUT2D eigenvalue weighted by Gasteiger charge is -2.15. The van der Waals surface area contributed by atoms with Crippen LogP contribution in [0.5, 0.6) is 5.75 Å². The Morgan fingerprint density at radius 2 is 1.81 bits per heavy atom. The van der Waals surface area contributed by atoms with Crippen molar-refractivity contribution < 1.29 is 9.53 Å². The number of carbonyl (C=O) groups excluding carboxylic acids is 1. The molecule has 0 aliphatic heterocycles. The molecule has 0 aliphatic carbocycles. The molecule has 0 radical (unpaired) electrons. The van der Waals surface area contributed by atoms with Crippen LogP contribution in [-0.2, 0) is 6.54 Å². The first-order valence-electron chi connectivity index (χ1n) is 9.13. The summed E-state index contributed by atoms with van der Waals surface area (Å²) in [6.07, 6.45) is 2.76. The van der Waals surface area contributed by atoms with Crippen LogP contribution in [0, 0.1) is 0 Å². The predicted molar refractivity (Wildman–Crippen MR) is 107 cm³/mol. The smallest absolute Gasteiger partial charge is 0.257 e. The van der Waals surface area contributed by atoms with Crippen LogP contribution in [0.3, 0.4) is 0 Å². The summed E-state index contributed by atoms with van der Waals surface area (Å²) < 4.78 is 7.07. The van der Waals surface area contributed by atoms with Crippen molar-refractivity contribution >= 4 is 5.91 Å². The van der Waals surface area contributed by atoms with Gasteiger partial charge in [-0.3, -0.25) is 9.48 Å². The lowest BCUT2D eigenvalue weighted by Crippen LogP contribution is -2.27. The summed E-state index contributed by atoms with van der Waals surface area (Å²) in [5.74, 6) is 0.764. The number of hydrogen-bond donors (Lipinski definition) is 0. The van der Waals surface area contributed by atoms with Crippen LogP contribution in [-0.4, -0.2) is 41.3 Å². The molecule has 2 aromatic carbocycles. The van der Waals surface area contributed by atoms with Crippen LogP contribution in [0.2, 0.25) is 0 Å². The molecule has 0 fully saturated rings. The van der Waals surface area contributed by atoms with Gasteiger partial charge in [-0.25, -0.2) is 0 Å². The normalized spacial score (nSPS) is 10.6. The van der Waals surface area contributed by atoms with Gasteiger partial charge in [0.05, 0.1) is 19.2 Å². The fourth-order valence-corrected chi connectivity index (χ4v) is 3.03. The fourth-order valence-electron chi connectivity index (χ4n) is 3.03. The Kier molecular flexibility index (Phi) is 5.91. The SMILES string of the molecule is CCCN(C)C(=O)c1cn(Cc2ccccc2)nc1-c1ccc(OC)cc1. The van der Waals surface area contributed by atoms with E-state index in [-0.39, 0.29) is 5.91 Å². The van der Waals surface area contributed by atoms with E-state index in [1.54, 1.807) is 12.0 Å². The van der Waals surface area contributed by atoms with Gasteiger partial charge in [0.1, 0.15) is 11.4 Å². The van der Waals surface area contributed by atoms with Gasteiger partial charge in [-0.05, 0) is 36.2 Å². The minimum absolute atomic E-state index is 0.0121. The average molecular weight is 363 g/mol. The van der Waals surface area contributed by atoms with Gasteiger partial charge in [-0.2, -0.15) is 5.10 Å². The standard InChI is InChI=1S/C22H25N3O2/c1-4-14-24(2)22(26)20-16-25(15-17-8-6-5-7-9-17)23-21(20)18-10-12-19(27-3)13-11-18/h5-13,16H,4,14-15H2,1-3H3. The number of carbonyl (C=O) groups is 1. The van der Waals surface area contributed by atoms with Crippen LogP contribution in [0.4, 0.5) is 0 Å². The fraction of sp³-hybridized carbons (Fsp3) is 0.273. The summed E-state index contributed by atoms with van der Waals surface area (Å²) in [5.41, 5.74) is 3.35. The van der Waals surface area contributed by atoms with Gasteiger partial charge in [-0.1, -0.05) is 37.3 Å². The van der Waals surface area contributed by atoms with Gasteiger partial charge in [0.15, 0.2) is 0 Å². The molecule has 140 valence electrons. The maximum Gasteiger partial charge on any atom is 0.257 e. The van der Waals surface area contributed by atoms with Crippen LogP contribution in [0.25, 0.3) is 11.3 Å². The van der Waals surface area contributed by atoms with E-state index in [4.69, 9.17) is 9.84 Å². The molecular weight excluding hydrogens is 338 g/mol. The summed E-state index contributed by atoms with van der Waals surface area (Å²) in [7, 11) is 3.47. The second-order valence-corrected chi connectivity index (χ2v) is 6.53. The number of amides is 1. The topological polar surface area (TPSA) is 47.4 Å². The average Bonchev–Trinajstić information content (AvgIpc) is 3.12. The highest BCUT2D eigenvalue weighted by Gasteiger charge is 2.21. The summed E-state index contributed by atoms with van der Waals surface area (Å²) in [6, 6.07) is 17.7. The van der Waals surface area contributed by atoms with Crippen molar-refractivity contribution in [2.24, 2.45) is 0 Å².